The molecular formula is C15H20ClNO2. The first-order chi connectivity index (χ1) is 9.19. The van der Waals surface area contributed by atoms with Gasteiger partial charge < -0.3 is 10.0 Å². The molecule has 0 bridgehead atoms. The lowest BCUT2D eigenvalue weighted by Gasteiger charge is -2.32. The minimum Gasteiger partial charge on any atom is -0.508 e. The van der Waals surface area contributed by atoms with Crippen LogP contribution in [0.1, 0.15) is 24.8 Å². The van der Waals surface area contributed by atoms with Gasteiger partial charge in [0.2, 0.25) is 5.91 Å². The maximum Gasteiger partial charge on any atom is 0.227 e. The molecule has 1 unspecified atom stereocenters. The van der Waals surface area contributed by atoms with Crippen molar-refractivity contribution >= 4 is 17.5 Å². The summed E-state index contributed by atoms with van der Waals surface area (Å²) in [5.74, 6) is 1.56. The molecule has 3 nitrogen and oxygen atoms in total. The molecular weight excluding hydrogens is 262 g/mol. The van der Waals surface area contributed by atoms with Gasteiger partial charge in [0.1, 0.15) is 5.75 Å². The molecule has 0 saturated carbocycles. The smallest absolute Gasteiger partial charge is 0.227 e. The SMILES string of the molecule is O=C(Cc1cccc(O)c1)N1CCCC(CCCl)C1. The number of carbonyl (C=O) groups is 1. The first-order valence-corrected chi connectivity index (χ1v) is 7.34. The fourth-order valence-electron chi connectivity index (χ4n) is 2.63. The molecule has 4 heteroatoms. The highest BCUT2D eigenvalue weighted by atomic mass is 35.5. The summed E-state index contributed by atoms with van der Waals surface area (Å²) in [5, 5.41) is 9.41. The van der Waals surface area contributed by atoms with Crippen molar-refractivity contribution in [1.29, 1.82) is 0 Å². The lowest BCUT2D eigenvalue weighted by atomic mass is 9.95. The van der Waals surface area contributed by atoms with E-state index in [2.05, 4.69) is 0 Å². The number of phenolic OH excluding ortho intramolecular Hbond substituents is 1. The zero-order valence-electron chi connectivity index (χ0n) is 11.0. The topological polar surface area (TPSA) is 40.5 Å². The van der Waals surface area contributed by atoms with Gasteiger partial charge in [0.15, 0.2) is 0 Å². The van der Waals surface area contributed by atoms with Crippen molar-refractivity contribution in [2.75, 3.05) is 19.0 Å². The van der Waals surface area contributed by atoms with Crippen molar-refractivity contribution in [3.05, 3.63) is 29.8 Å². The summed E-state index contributed by atoms with van der Waals surface area (Å²) >= 11 is 5.78. The molecule has 0 aliphatic carbocycles. The van der Waals surface area contributed by atoms with Gasteiger partial charge in [-0.3, -0.25) is 4.79 Å². The Kier molecular flexibility index (Phi) is 5.08. The molecule has 1 aliphatic rings. The molecule has 1 aromatic carbocycles. The molecule has 19 heavy (non-hydrogen) atoms. The van der Waals surface area contributed by atoms with Crippen LogP contribution in [0.2, 0.25) is 0 Å². The van der Waals surface area contributed by atoms with Gasteiger partial charge in [-0.25, -0.2) is 0 Å². The quantitative estimate of drug-likeness (QED) is 0.862. The number of alkyl halides is 1. The van der Waals surface area contributed by atoms with E-state index in [-0.39, 0.29) is 11.7 Å². The van der Waals surface area contributed by atoms with Crippen LogP contribution in [0.4, 0.5) is 0 Å². The lowest BCUT2D eigenvalue weighted by molar-refractivity contribution is -0.132. The predicted molar refractivity (Wildman–Crippen MR) is 76.5 cm³/mol. The Morgan fingerprint density at radius 1 is 1.47 bits per heavy atom. The first kappa shape index (κ1) is 14.2. The van der Waals surface area contributed by atoms with E-state index in [9.17, 15) is 9.90 Å². The van der Waals surface area contributed by atoms with Crippen LogP contribution in [0.5, 0.6) is 5.75 Å². The van der Waals surface area contributed by atoms with E-state index >= 15 is 0 Å². The number of nitrogens with zero attached hydrogens (tertiary/aromatic N) is 1. The minimum atomic E-state index is 0.143. The number of hydrogen-bond acceptors (Lipinski definition) is 2. The number of likely N-dealkylation sites (tertiary alicyclic amines) is 1. The van der Waals surface area contributed by atoms with E-state index in [1.165, 1.54) is 6.42 Å². The van der Waals surface area contributed by atoms with Crippen LogP contribution in [-0.4, -0.2) is 34.9 Å². The van der Waals surface area contributed by atoms with E-state index in [1.807, 2.05) is 11.0 Å². The zero-order chi connectivity index (χ0) is 13.7. The van der Waals surface area contributed by atoms with Gasteiger partial charge in [-0.15, -0.1) is 11.6 Å². The van der Waals surface area contributed by atoms with Crippen LogP contribution in [0.15, 0.2) is 24.3 Å². The second kappa shape index (κ2) is 6.80. The summed E-state index contributed by atoms with van der Waals surface area (Å²) in [6, 6.07) is 6.91. The number of carbonyl (C=O) groups excluding carboxylic acids is 1. The molecule has 0 aromatic heterocycles. The van der Waals surface area contributed by atoms with E-state index < -0.39 is 0 Å². The zero-order valence-corrected chi connectivity index (χ0v) is 11.8. The van der Waals surface area contributed by atoms with Crippen LogP contribution >= 0.6 is 11.6 Å². The van der Waals surface area contributed by atoms with E-state index in [4.69, 9.17) is 11.6 Å². The molecule has 1 N–H and O–H groups in total. The third-order valence-corrected chi connectivity index (χ3v) is 3.87. The lowest BCUT2D eigenvalue weighted by Crippen LogP contribution is -2.40. The van der Waals surface area contributed by atoms with Crippen molar-refractivity contribution in [1.82, 2.24) is 4.90 Å². The third kappa shape index (κ3) is 4.13. The van der Waals surface area contributed by atoms with E-state index in [0.29, 0.717) is 18.2 Å². The fraction of sp³-hybridized carbons (Fsp3) is 0.533. The molecule has 1 heterocycles. The van der Waals surface area contributed by atoms with Gasteiger partial charge >= 0.3 is 0 Å². The molecule has 1 aliphatic heterocycles. The molecule has 2 rings (SSSR count). The van der Waals surface area contributed by atoms with Crippen LogP contribution in [-0.2, 0) is 11.2 Å². The second-order valence-corrected chi connectivity index (χ2v) is 5.55. The van der Waals surface area contributed by atoms with E-state index in [0.717, 1.165) is 31.5 Å². The normalized spacial score (nSPS) is 19.4. The molecule has 1 amide bonds. The number of benzene rings is 1. The van der Waals surface area contributed by atoms with Crippen molar-refractivity contribution in [2.24, 2.45) is 5.92 Å². The number of rotatable bonds is 4. The number of hydrogen-bond donors (Lipinski definition) is 1. The maximum atomic E-state index is 12.2. The Morgan fingerprint density at radius 2 is 2.32 bits per heavy atom. The fourth-order valence-corrected chi connectivity index (χ4v) is 2.94. The molecule has 1 aromatic rings. The highest BCUT2D eigenvalue weighted by Gasteiger charge is 2.23. The second-order valence-electron chi connectivity index (χ2n) is 5.17. The Labute approximate surface area is 119 Å². The van der Waals surface area contributed by atoms with Gasteiger partial charge in [0.25, 0.3) is 0 Å². The molecule has 104 valence electrons. The molecule has 1 fully saturated rings. The summed E-state index contributed by atoms with van der Waals surface area (Å²) < 4.78 is 0. The number of halogens is 1. The van der Waals surface area contributed by atoms with Crippen LogP contribution in [0, 0.1) is 5.92 Å². The summed E-state index contributed by atoms with van der Waals surface area (Å²) in [7, 11) is 0. The van der Waals surface area contributed by atoms with Gasteiger partial charge in [-0.05, 0) is 42.9 Å². The molecule has 0 spiro atoms. The number of piperidine rings is 1. The monoisotopic (exact) mass is 281 g/mol. The van der Waals surface area contributed by atoms with Gasteiger partial charge in [0.05, 0.1) is 6.42 Å². The predicted octanol–water partition coefficient (Wildman–Crippen LogP) is 2.80. The summed E-state index contributed by atoms with van der Waals surface area (Å²) in [4.78, 5) is 14.2. The van der Waals surface area contributed by atoms with Crippen LogP contribution in [0.3, 0.4) is 0 Å². The summed E-state index contributed by atoms with van der Waals surface area (Å²) in [6.07, 6.45) is 3.58. The van der Waals surface area contributed by atoms with Crippen molar-refractivity contribution in [2.45, 2.75) is 25.7 Å². The average molecular weight is 282 g/mol. The van der Waals surface area contributed by atoms with Crippen LogP contribution in [0.25, 0.3) is 0 Å². The Morgan fingerprint density at radius 3 is 3.05 bits per heavy atom. The van der Waals surface area contributed by atoms with Gasteiger partial charge in [0, 0.05) is 19.0 Å². The average Bonchev–Trinajstić information content (AvgIpc) is 2.39. The van der Waals surface area contributed by atoms with Crippen molar-refractivity contribution in [3.63, 3.8) is 0 Å². The van der Waals surface area contributed by atoms with Crippen molar-refractivity contribution < 1.29 is 9.90 Å². The molecule has 1 saturated heterocycles. The standard InChI is InChI=1S/C15H20ClNO2/c16-7-6-12-4-2-8-17(11-12)15(19)10-13-3-1-5-14(18)9-13/h1,3,5,9,12,18H,2,4,6-8,10-11H2. The number of aromatic hydroxyl groups is 1. The molecule has 1 atom stereocenters. The largest absolute Gasteiger partial charge is 0.508 e. The van der Waals surface area contributed by atoms with Crippen LogP contribution < -0.4 is 0 Å². The minimum absolute atomic E-state index is 0.143. The Bertz CT molecular complexity index is 434. The molecule has 0 radical (unpaired) electrons. The Balaban J connectivity index is 1.92. The first-order valence-electron chi connectivity index (χ1n) is 6.80. The van der Waals surface area contributed by atoms with E-state index in [1.54, 1.807) is 18.2 Å². The summed E-state index contributed by atoms with van der Waals surface area (Å²) in [5.41, 5.74) is 0.865. The highest BCUT2D eigenvalue weighted by molar-refractivity contribution is 6.17. The summed E-state index contributed by atoms with van der Waals surface area (Å²) in [6.45, 7) is 1.67. The maximum absolute atomic E-state index is 12.2. The van der Waals surface area contributed by atoms with Gasteiger partial charge in [-0.1, -0.05) is 12.1 Å². The third-order valence-electron chi connectivity index (χ3n) is 3.65. The van der Waals surface area contributed by atoms with Crippen molar-refractivity contribution in [3.8, 4) is 5.75 Å². The number of amides is 1. The number of phenols is 1. The van der Waals surface area contributed by atoms with Gasteiger partial charge in [-0.2, -0.15) is 0 Å². The highest BCUT2D eigenvalue weighted by Crippen LogP contribution is 2.21. The Hall–Kier alpha value is -1.22.